The second-order valence-corrected chi connectivity index (χ2v) is 7.51. The van der Waals surface area contributed by atoms with E-state index >= 15 is 0 Å². The highest BCUT2D eigenvalue weighted by atomic mass is 32.2. The lowest BCUT2D eigenvalue weighted by atomic mass is 10.1. The number of hydrogen-bond acceptors (Lipinski definition) is 4. The highest BCUT2D eigenvalue weighted by molar-refractivity contribution is 7.88. The highest BCUT2D eigenvalue weighted by Gasteiger charge is 2.37. The minimum Gasteiger partial charge on any atom is -0.359 e. The molecule has 0 radical (unpaired) electrons. The van der Waals surface area contributed by atoms with E-state index < -0.39 is 10.0 Å². The Labute approximate surface area is 131 Å². The van der Waals surface area contributed by atoms with Gasteiger partial charge in [0.05, 0.1) is 17.5 Å². The molecule has 0 amide bonds. The summed E-state index contributed by atoms with van der Waals surface area (Å²) in [5, 5.41) is 3.98. The molecule has 1 aromatic heterocycles. The van der Waals surface area contributed by atoms with Crippen LogP contribution < -0.4 is 0 Å². The number of sulfonamides is 1. The van der Waals surface area contributed by atoms with Crippen molar-refractivity contribution in [3.8, 4) is 0 Å². The van der Waals surface area contributed by atoms with Crippen molar-refractivity contribution in [1.82, 2.24) is 9.46 Å². The van der Waals surface area contributed by atoms with E-state index in [2.05, 4.69) is 5.16 Å². The Morgan fingerprint density at radius 3 is 2.77 bits per heavy atom. The average Bonchev–Trinajstić information content (AvgIpc) is 3.16. The topological polar surface area (TPSA) is 63.4 Å². The number of hydrogen-bond donors (Lipinski definition) is 0. The number of rotatable bonds is 5. The third kappa shape index (κ3) is 3.08. The average molecular weight is 320 g/mol. The Hall–Kier alpha value is -1.66. The summed E-state index contributed by atoms with van der Waals surface area (Å²) in [4.78, 5) is 0. The van der Waals surface area contributed by atoms with Crippen LogP contribution in [0.25, 0.3) is 0 Å². The minimum atomic E-state index is -3.36. The SMILES string of the molecule is CCc1cc([C@@H]2CCCN2S(=O)(=O)Cc2ccccc2)on1. The zero-order chi connectivity index (χ0) is 15.6. The molecule has 1 aromatic carbocycles. The molecule has 0 saturated carbocycles. The summed E-state index contributed by atoms with van der Waals surface area (Å²) in [5.74, 6) is 0.685. The number of nitrogens with zero attached hydrogens (tertiary/aromatic N) is 2. The van der Waals surface area contributed by atoms with Gasteiger partial charge in [0.2, 0.25) is 10.0 Å². The lowest BCUT2D eigenvalue weighted by molar-refractivity contribution is 0.296. The standard InChI is InChI=1S/C16H20N2O3S/c1-2-14-11-16(21-17-14)15-9-6-10-18(15)22(19,20)12-13-7-4-3-5-8-13/h3-5,7-8,11,15H,2,6,9-10,12H2,1H3/t15-/m0/s1. The second kappa shape index (κ2) is 6.22. The quantitative estimate of drug-likeness (QED) is 0.850. The van der Waals surface area contributed by atoms with E-state index in [9.17, 15) is 8.42 Å². The first-order chi connectivity index (χ1) is 10.6. The fraction of sp³-hybridized carbons (Fsp3) is 0.438. The normalized spacial score (nSPS) is 19.6. The maximum absolute atomic E-state index is 12.7. The maximum Gasteiger partial charge on any atom is 0.218 e. The number of benzene rings is 1. The highest BCUT2D eigenvalue weighted by Crippen LogP contribution is 2.35. The van der Waals surface area contributed by atoms with Crippen molar-refractivity contribution < 1.29 is 12.9 Å². The maximum atomic E-state index is 12.7. The third-order valence-electron chi connectivity index (χ3n) is 4.02. The van der Waals surface area contributed by atoms with Crippen LogP contribution in [0.3, 0.4) is 0 Å². The van der Waals surface area contributed by atoms with Crippen LogP contribution in [0.1, 0.15) is 42.8 Å². The molecule has 3 rings (SSSR count). The van der Waals surface area contributed by atoms with Crippen molar-refractivity contribution in [3.05, 3.63) is 53.4 Å². The molecular weight excluding hydrogens is 300 g/mol. The van der Waals surface area contributed by atoms with Crippen LogP contribution in [-0.4, -0.2) is 24.4 Å². The van der Waals surface area contributed by atoms with Crippen molar-refractivity contribution in [2.45, 2.75) is 38.0 Å². The van der Waals surface area contributed by atoms with E-state index in [4.69, 9.17) is 4.52 Å². The van der Waals surface area contributed by atoms with E-state index in [1.54, 1.807) is 4.31 Å². The molecule has 1 fully saturated rings. The first kappa shape index (κ1) is 15.2. The number of aromatic nitrogens is 1. The lowest BCUT2D eigenvalue weighted by Crippen LogP contribution is -2.31. The van der Waals surface area contributed by atoms with Crippen molar-refractivity contribution in [2.75, 3.05) is 6.54 Å². The summed E-state index contributed by atoms with van der Waals surface area (Å²) in [6, 6.07) is 10.9. The van der Waals surface area contributed by atoms with Gasteiger partial charge in [0.15, 0.2) is 5.76 Å². The Morgan fingerprint density at radius 2 is 2.09 bits per heavy atom. The monoisotopic (exact) mass is 320 g/mol. The molecule has 118 valence electrons. The van der Waals surface area contributed by atoms with Gasteiger partial charge in [-0.25, -0.2) is 8.42 Å². The molecule has 0 bridgehead atoms. The van der Waals surface area contributed by atoms with Gasteiger partial charge in [-0.1, -0.05) is 42.4 Å². The summed E-state index contributed by atoms with van der Waals surface area (Å²) < 4.78 is 32.4. The van der Waals surface area contributed by atoms with Crippen molar-refractivity contribution in [1.29, 1.82) is 0 Å². The first-order valence-corrected chi connectivity index (χ1v) is 9.20. The van der Waals surface area contributed by atoms with Gasteiger partial charge in [0, 0.05) is 12.6 Å². The molecule has 5 nitrogen and oxygen atoms in total. The van der Waals surface area contributed by atoms with Crippen molar-refractivity contribution in [2.24, 2.45) is 0 Å². The Bertz CT molecular complexity index is 725. The smallest absolute Gasteiger partial charge is 0.218 e. The van der Waals surface area contributed by atoms with Gasteiger partial charge in [-0.05, 0) is 24.8 Å². The van der Waals surface area contributed by atoms with E-state index in [-0.39, 0.29) is 11.8 Å². The van der Waals surface area contributed by atoms with Crippen LogP contribution in [0.5, 0.6) is 0 Å². The fourth-order valence-corrected chi connectivity index (χ4v) is 4.66. The van der Waals surface area contributed by atoms with Crippen LogP contribution in [0.2, 0.25) is 0 Å². The molecule has 1 aliphatic heterocycles. The summed E-state index contributed by atoms with van der Waals surface area (Å²) in [6.07, 6.45) is 2.42. The van der Waals surface area contributed by atoms with E-state index in [0.29, 0.717) is 12.3 Å². The van der Waals surface area contributed by atoms with Gasteiger partial charge >= 0.3 is 0 Å². The Morgan fingerprint density at radius 1 is 1.32 bits per heavy atom. The van der Waals surface area contributed by atoms with Crippen molar-refractivity contribution in [3.63, 3.8) is 0 Å². The molecule has 2 heterocycles. The molecule has 1 atom stereocenters. The van der Waals surface area contributed by atoms with Crippen LogP contribution in [0.15, 0.2) is 40.9 Å². The van der Waals surface area contributed by atoms with Gasteiger partial charge in [-0.15, -0.1) is 0 Å². The molecule has 6 heteroatoms. The summed E-state index contributed by atoms with van der Waals surface area (Å²) in [6.45, 7) is 2.54. The fourth-order valence-electron chi connectivity index (χ4n) is 2.88. The van der Waals surface area contributed by atoms with Crippen LogP contribution >= 0.6 is 0 Å². The molecule has 0 unspecified atom stereocenters. The Kier molecular flexibility index (Phi) is 4.31. The van der Waals surface area contributed by atoms with Crippen LogP contribution in [0.4, 0.5) is 0 Å². The molecule has 0 N–H and O–H groups in total. The largest absolute Gasteiger partial charge is 0.359 e. The van der Waals surface area contributed by atoms with Gasteiger partial charge in [-0.3, -0.25) is 0 Å². The molecular formula is C16H20N2O3S. The molecule has 1 saturated heterocycles. The molecule has 0 spiro atoms. The predicted molar refractivity (Wildman–Crippen MR) is 83.6 cm³/mol. The van der Waals surface area contributed by atoms with Crippen molar-refractivity contribution >= 4 is 10.0 Å². The number of aryl methyl sites for hydroxylation is 1. The summed E-state index contributed by atoms with van der Waals surface area (Å²) in [7, 11) is -3.36. The molecule has 1 aliphatic rings. The minimum absolute atomic E-state index is 0.0269. The zero-order valence-corrected chi connectivity index (χ0v) is 13.4. The third-order valence-corrected chi connectivity index (χ3v) is 5.87. The molecule has 22 heavy (non-hydrogen) atoms. The lowest BCUT2D eigenvalue weighted by Gasteiger charge is -2.22. The van der Waals surface area contributed by atoms with Crippen LogP contribution in [0, 0.1) is 0 Å². The van der Waals surface area contributed by atoms with E-state index in [1.807, 2.05) is 43.3 Å². The van der Waals surface area contributed by atoms with Gasteiger partial charge in [-0.2, -0.15) is 4.31 Å². The predicted octanol–water partition coefficient (Wildman–Crippen LogP) is 2.90. The van der Waals surface area contributed by atoms with E-state index in [0.717, 1.165) is 30.5 Å². The first-order valence-electron chi connectivity index (χ1n) is 7.59. The molecule has 2 aromatic rings. The van der Waals surface area contributed by atoms with Gasteiger partial charge < -0.3 is 4.52 Å². The molecule has 0 aliphatic carbocycles. The van der Waals surface area contributed by atoms with Gasteiger partial charge in [0.25, 0.3) is 0 Å². The summed E-state index contributed by atoms with van der Waals surface area (Å²) in [5.41, 5.74) is 1.67. The Balaban J connectivity index is 1.82. The van der Waals surface area contributed by atoms with Crippen LogP contribution in [-0.2, 0) is 22.2 Å². The van der Waals surface area contributed by atoms with E-state index in [1.165, 1.54) is 0 Å². The zero-order valence-electron chi connectivity index (χ0n) is 12.6. The van der Waals surface area contributed by atoms with Gasteiger partial charge in [0.1, 0.15) is 0 Å². The summed E-state index contributed by atoms with van der Waals surface area (Å²) >= 11 is 0. The second-order valence-electron chi connectivity index (χ2n) is 5.58.